The Balaban J connectivity index is 1.93. The van der Waals surface area contributed by atoms with Gasteiger partial charge in [-0.3, -0.25) is 9.78 Å². The molecule has 1 unspecified atom stereocenters. The molecule has 0 spiro atoms. The Morgan fingerprint density at radius 1 is 1.26 bits per heavy atom. The molecule has 3 rings (SSSR count). The van der Waals surface area contributed by atoms with E-state index in [2.05, 4.69) is 22.1 Å². The summed E-state index contributed by atoms with van der Waals surface area (Å²) in [6.45, 7) is 1.68. The Bertz CT molecular complexity index is 1060. The zero-order chi connectivity index (χ0) is 22.4. The number of alkyl halides is 3. The molecule has 0 fully saturated rings. The van der Waals surface area contributed by atoms with Crippen LogP contribution in [0.5, 0.6) is 5.75 Å². The third-order valence-corrected chi connectivity index (χ3v) is 4.92. The van der Waals surface area contributed by atoms with Crippen molar-refractivity contribution in [1.29, 1.82) is 0 Å². The molecule has 7 heteroatoms. The number of rotatable bonds is 5. The topological polar surface area (TPSA) is 51.2 Å². The van der Waals surface area contributed by atoms with E-state index in [-0.39, 0.29) is 12.3 Å². The Morgan fingerprint density at radius 2 is 2.00 bits per heavy atom. The second-order valence-electron chi connectivity index (χ2n) is 6.91. The maximum Gasteiger partial charge on any atom is 0.416 e. The molecule has 1 N–H and O–H groups in total. The molecular weight excluding hydrogens is 405 g/mol. The quantitative estimate of drug-likeness (QED) is 0.685. The maximum atomic E-state index is 13.0. The molecule has 2 atom stereocenters. The van der Waals surface area contributed by atoms with Gasteiger partial charge in [-0.2, -0.15) is 13.2 Å². The van der Waals surface area contributed by atoms with E-state index in [1.807, 2.05) is 0 Å². The standard InChI is InChI=1S/C24H21F3N2O2/c1-3-5-16-6-4-15-28-21(16)22(17-7-11-19(12-8-17)24(25,26)27)29-23(30)18-9-13-20(31-2)14-10-18/h4,6-7,9-15,17,22H,8H2,1-2H3,(H,29,30)/t17?,22-/m0/s1. The van der Waals surface area contributed by atoms with Crippen LogP contribution in [0.4, 0.5) is 13.2 Å². The van der Waals surface area contributed by atoms with Crippen LogP contribution in [0, 0.1) is 17.8 Å². The highest BCUT2D eigenvalue weighted by Crippen LogP contribution is 2.35. The van der Waals surface area contributed by atoms with Crippen LogP contribution in [0.1, 0.15) is 41.0 Å². The number of aromatic nitrogens is 1. The summed E-state index contributed by atoms with van der Waals surface area (Å²) in [5.41, 5.74) is 0.830. The fraction of sp³-hybridized carbons (Fsp3) is 0.250. The van der Waals surface area contributed by atoms with Crippen molar-refractivity contribution in [2.24, 2.45) is 5.92 Å². The molecule has 0 saturated carbocycles. The number of benzene rings is 1. The normalized spacial score (nSPS) is 16.5. The van der Waals surface area contributed by atoms with E-state index >= 15 is 0 Å². The molecule has 0 saturated heterocycles. The number of nitrogens with zero attached hydrogens (tertiary/aromatic N) is 1. The first-order valence-corrected chi connectivity index (χ1v) is 9.61. The summed E-state index contributed by atoms with van der Waals surface area (Å²) in [6, 6.07) is 9.41. The summed E-state index contributed by atoms with van der Waals surface area (Å²) in [5, 5.41) is 2.94. The molecule has 160 valence electrons. The highest BCUT2D eigenvalue weighted by atomic mass is 19.4. The van der Waals surface area contributed by atoms with E-state index in [4.69, 9.17) is 4.74 Å². The lowest BCUT2D eigenvalue weighted by Gasteiger charge is -2.28. The van der Waals surface area contributed by atoms with E-state index in [1.165, 1.54) is 13.2 Å². The van der Waals surface area contributed by atoms with E-state index < -0.39 is 23.7 Å². The minimum Gasteiger partial charge on any atom is -0.497 e. The van der Waals surface area contributed by atoms with Crippen molar-refractivity contribution in [2.75, 3.05) is 7.11 Å². The number of carbonyl (C=O) groups excluding carboxylic acids is 1. The third kappa shape index (κ3) is 5.34. The van der Waals surface area contributed by atoms with Gasteiger partial charge in [-0.05, 0) is 49.7 Å². The lowest BCUT2D eigenvalue weighted by atomic mass is 9.86. The van der Waals surface area contributed by atoms with E-state index in [9.17, 15) is 18.0 Å². The predicted octanol–water partition coefficient (Wildman–Crippen LogP) is 5.00. The smallest absolute Gasteiger partial charge is 0.416 e. The van der Waals surface area contributed by atoms with Gasteiger partial charge >= 0.3 is 6.18 Å². The molecule has 4 nitrogen and oxygen atoms in total. The van der Waals surface area contributed by atoms with Crippen molar-refractivity contribution in [3.63, 3.8) is 0 Å². The van der Waals surface area contributed by atoms with Gasteiger partial charge in [0.05, 0.1) is 24.4 Å². The first-order valence-electron chi connectivity index (χ1n) is 9.61. The highest BCUT2D eigenvalue weighted by Gasteiger charge is 2.35. The van der Waals surface area contributed by atoms with Gasteiger partial charge < -0.3 is 10.1 Å². The number of halogens is 3. The van der Waals surface area contributed by atoms with E-state index in [1.54, 1.807) is 49.5 Å². The number of methoxy groups -OCH3 is 1. The second-order valence-corrected chi connectivity index (χ2v) is 6.91. The van der Waals surface area contributed by atoms with E-state index in [0.29, 0.717) is 22.6 Å². The molecule has 2 aromatic rings. The van der Waals surface area contributed by atoms with Gasteiger partial charge in [0.25, 0.3) is 5.91 Å². The maximum absolute atomic E-state index is 13.0. The number of hydrogen-bond acceptors (Lipinski definition) is 3. The van der Waals surface area contributed by atoms with Crippen LogP contribution in [-0.2, 0) is 0 Å². The highest BCUT2D eigenvalue weighted by molar-refractivity contribution is 5.94. The number of amides is 1. The summed E-state index contributed by atoms with van der Waals surface area (Å²) in [5.74, 6) is 5.59. The minimum atomic E-state index is -4.41. The third-order valence-electron chi connectivity index (χ3n) is 4.92. The van der Waals surface area contributed by atoms with Crippen molar-refractivity contribution in [2.45, 2.75) is 25.6 Å². The second kappa shape index (κ2) is 9.52. The van der Waals surface area contributed by atoms with Crippen molar-refractivity contribution in [3.05, 3.63) is 83.2 Å². The molecule has 1 aliphatic carbocycles. The Hall–Kier alpha value is -3.53. The zero-order valence-electron chi connectivity index (χ0n) is 17.0. The van der Waals surface area contributed by atoms with Crippen LogP contribution < -0.4 is 10.1 Å². The molecule has 0 radical (unpaired) electrons. The van der Waals surface area contributed by atoms with Crippen LogP contribution in [0.15, 0.2) is 66.4 Å². The zero-order valence-corrected chi connectivity index (χ0v) is 17.0. The summed E-state index contributed by atoms with van der Waals surface area (Å²) in [4.78, 5) is 17.3. The number of ether oxygens (including phenoxy) is 1. The minimum absolute atomic E-state index is 0.106. The molecule has 1 heterocycles. The molecule has 0 bridgehead atoms. The molecule has 0 aliphatic heterocycles. The van der Waals surface area contributed by atoms with Crippen LogP contribution in [-0.4, -0.2) is 24.2 Å². The van der Waals surface area contributed by atoms with Crippen LogP contribution >= 0.6 is 0 Å². The van der Waals surface area contributed by atoms with Gasteiger partial charge in [-0.1, -0.05) is 24.1 Å². The van der Waals surface area contributed by atoms with Crippen LogP contribution in [0.3, 0.4) is 0 Å². The van der Waals surface area contributed by atoms with Crippen LogP contribution in [0.2, 0.25) is 0 Å². The molecular formula is C24H21F3N2O2. The fourth-order valence-electron chi connectivity index (χ4n) is 3.35. The monoisotopic (exact) mass is 426 g/mol. The van der Waals surface area contributed by atoms with Gasteiger partial charge in [-0.25, -0.2) is 0 Å². The average molecular weight is 426 g/mol. The van der Waals surface area contributed by atoms with Crippen molar-refractivity contribution >= 4 is 5.91 Å². The van der Waals surface area contributed by atoms with Crippen molar-refractivity contribution in [1.82, 2.24) is 10.3 Å². The fourth-order valence-corrected chi connectivity index (χ4v) is 3.35. The Morgan fingerprint density at radius 3 is 2.58 bits per heavy atom. The number of hydrogen-bond donors (Lipinski definition) is 1. The summed E-state index contributed by atoms with van der Waals surface area (Å²) < 4.78 is 44.2. The van der Waals surface area contributed by atoms with Gasteiger partial charge in [0.2, 0.25) is 0 Å². The van der Waals surface area contributed by atoms with Crippen molar-refractivity contribution in [3.8, 4) is 17.6 Å². The number of pyridine rings is 1. The van der Waals surface area contributed by atoms with E-state index in [0.717, 1.165) is 12.2 Å². The Kier molecular flexibility index (Phi) is 6.81. The molecule has 1 aliphatic rings. The van der Waals surface area contributed by atoms with Gasteiger partial charge in [0, 0.05) is 23.2 Å². The number of nitrogens with one attached hydrogen (secondary N) is 1. The molecule has 1 amide bonds. The number of carbonyl (C=O) groups is 1. The summed E-state index contributed by atoms with van der Waals surface area (Å²) in [7, 11) is 1.53. The lowest BCUT2D eigenvalue weighted by Crippen LogP contribution is -2.34. The number of allylic oxidation sites excluding steroid dienone is 3. The van der Waals surface area contributed by atoms with Gasteiger partial charge in [0.1, 0.15) is 5.75 Å². The molecule has 31 heavy (non-hydrogen) atoms. The Labute approximate surface area is 178 Å². The summed E-state index contributed by atoms with van der Waals surface area (Å²) >= 11 is 0. The predicted molar refractivity (Wildman–Crippen MR) is 111 cm³/mol. The first kappa shape index (κ1) is 22.2. The summed E-state index contributed by atoms with van der Waals surface area (Å²) in [6.07, 6.45) is 0.938. The van der Waals surface area contributed by atoms with Gasteiger partial charge in [0.15, 0.2) is 0 Å². The van der Waals surface area contributed by atoms with Crippen LogP contribution in [0.25, 0.3) is 0 Å². The lowest BCUT2D eigenvalue weighted by molar-refractivity contribution is -0.0887. The largest absolute Gasteiger partial charge is 0.497 e. The SMILES string of the molecule is CC#Cc1cccnc1[C@@H](NC(=O)c1ccc(OC)cc1)C1C=CC(C(F)(F)F)=CC1. The first-order chi connectivity index (χ1) is 14.8. The molecule has 1 aromatic carbocycles. The van der Waals surface area contributed by atoms with Gasteiger partial charge in [-0.15, -0.1) is 5.92 Å². The van der Waals surface area contributed by atoms with Crippen molar-refractivity contribution < 1.29 is 22.7 Å². The molecule has 1 aromatic heterocycles. The average Bonchev–Trinajstić information content (AvgIpc) is 2.78.